The first-order chi connectivity index (χ1) is 8.08. The van der Waals surface area contributed by atoms with Gasteiger partial charge in [0.2, 0.25) is 5.89 Å². The van der Waals surface area contributed by atoms with Crippen LogP contribution < -0.4 is 0 Å². The van der Waals surface area contributed by atoms with Gasteiger partial charge in [0, 0.05) is 6.54 Å². The van der Waals surface area contributed by atoms with Crippen molar-refractivity contribution < 1.29 is 19.1 Å². The van der Waals surface area contributed by atoms with Crippen molar-refractivity contribution in [2.75, 3.05) is 19.8 Å². The van der Waals surface area contributed by atoms with Crippen LogP contribution in [0.1, 0.15) is 17.3 Å². The Bertz CT molecular complexity index is 396. The van der Waals surface area contributed by atoms with Crippen LogP contribution in [0.2, 0.25) is 0 Å². The van der Waals surface area contributed by atoms with E-state index in [0.717, 1.165) is 11.5 Å². The van der Waals surface area contributed by atoms with Gasteiger partial charge in [0.05, 0.1) is 25.5 Å². The van der Waals surface area contributed by atoms with E-state index in [-0.39, 0.29) is 6.61 Å². The Morgan fingerprint density at radius 3 is 2.94 bits per heavy atom. The van der Waals surface area contributed by atoms with Crippen LogP contribution in [0.3, 0.4) is 0 Å². The zero-order valence-electron chi connectivity index (χ0n) is 9.97. The summed E-state index contributed by atoms with van der Waals surface area (Å²) in [4.78, 5) is 17.1. The summed E-state index contributed by atoms with van der Waals surface area (Å²) in [6.45, 7) is 5.47. The number of carboxylic acid groups (broad SMARTS) is 1. The SMILES string of the molecule is Cc1nc(CN2CCOCC2C(=O)O)oc1C. The number of oxazole rings is 1. The minimum absolute atomic E-state index is 0.216. The highest BCUT2D eigenvalue weighted by molar-refractivity contribution is 5.73. The lowest BCUT2D eigenvalue weighted by Crippen LogP contribution is -2.49. The van der Waals surface area contributed by atoms with Gasteiger partial charge >= 0.3 is 5.97 Å². The summed E-state index contributed by atoms with van der Waals surface area (Å²) in [6.07, 6.45) is 0. The molecule has 1 N–H and O–H groups in total. The van der Waals surface area contributed by atoms with Crippen molar-refractivity contribution in [3.63, 3.8) is 0 Å². The number of nitrogens with zero attached hydrogens (tertiary/aromatic N) is 2. The minimum Gasteiger partial charge on any atom is -0.480 e. The first-order valence-corrected chi connectivity index (χ1v) is 5.55. The van der Waals surface area contributed by atoms with E-state index < -0.39 is 12.0 Å². The van der Waals surface area contributed by atoms with Crippen LogP contribution in [0.5, 0.6) is 0 Å². The number of ether oxygens (including phenoxy) is 1. The molecule has 1 unspecified atom stereocenters. The molecule has 0 spiro atoms. The maximum Gasteiger partial charge on any atom is 0.323 e. The number of aromatic nitrogens is 1. The minimum atomic E-state index is -0.871. The van der Waals surface area contributed by atoms with Crippen molar-refractivity contribution in [3.05, 3.63) is 17.3 Å². The molecule has 1 aromatic rings. The summed E-state index contributed by atoms with van der Waals surface area (Å²) >= 11 is 0. The quantitative estimate of drug-likeness (QED) is 0.832. The normalized spacial score (nSPS) is 21.6. The van der Waals surface area contributed by atoms with Crippen LogP contribution in [0.4, 0.5) is 0 Å². The Morgan fingerprint density at radius 2 is 2.35 bits per heavy atom. The van der Waals surface area contributed by atoms with Gasteiger partial charge in [-0.25, -0.2) is 4.98 Å². The molecule has 0 aliphatic carbocycles. The Balaban J connectivity index is 2.07. The summed E-state index contributed by atoms with van der Waals surface area (Å²) < 4.78 is 10.6. The van der Waals surface area contributed by atoms with Crippen LogP contribution in [-0.4, -0.2) is 46.8 Å². The van der Waals surface area contributed by atoms with Crippen LogP contribution in [0.15, 0.2) is 4.42 Å². The lowest BCUT2D eigenvalue weighted by atomic mass is 10.2. The van der Waals surface area contributed by atoms with Crippen LogP contribution in [0.25, 0.3) is 0 Å². The lowest BCUT2D eigenvalue weighted by Gasteiger charge is -2.31. The third kappa shape index (κ3) is 2.65. The van der Waals surface area contributed by atoms with Crippen molar-refractivity contribution in [1.82, 2.24) is 9.88 Å². The molecule has 1 aliphatic rings. The number of rotatable bonds is 3. The fourth-order valence-electron chi connectivity index (χ4n) is 1.84. The molecule has 17 heavy (non-hydrogen) atoms. The van der Waals surface area contributed by atoms with E-state index in [0.29, 0.717) is 25.6 Å². The molecule has 2 rings (SSSR count). The number of carbonyl (C=O) groups is 1. The number of hydrogen-bond acceptors (Lipinski definition) is 5. The zero-order valence-corrected chi connectivity index (χ0v) is 9.97. The topological polar surface area (TPSA) is 75.8 Å². The third-order valence-corrected chi connectivity index (χ3v) is 2.94. The van der Waals surface area contributed by atoms with Gasteiger partial charge in [0.15, 0.2) is 0 Å². The van der Waals surface area contributed by atoms with Gasteiger partial charge in [-0.15, -0.1) is 0 Å². The molecule has 1 fully saturated rings. The fourth-order valence-corrected chi connectivity index (χ4v) is 1.84. The van der Waals surface area contributed by atoms with E-state index in [9.17, 15) is 4.79 Å². The Morgan fingerprint density at radius 1 is 1.59 bits per heavy atom. The maximum atomic E-state index is 11.1. The molecule has 6 heteroatoms. The second kappa shape index (κ2) is 4.85. The highest BCUT2D eigenvalue weighted by atomic mass is 16.5. The van der Waals surface area contributed by atoms with Gasteiger partial charge in [-0.05, 0) is 13.8 Å². The Kier molecular flexibility index (Phi) is 3.44. The summed E-state index contributed by atoms with van der Waals surface area (Å²) in [6, 6.07) is -0.615. The van der Waals surface area contributed by atoms with Crippen molar-refractivity contribution >= 4 is 5.97 Å². The van der Waals surface area contributed by atoms with Crippen molar-refractivity contribution in [3.8, 4) is 0 Å². The summed E-state index contributed by atoms with van der Waals surface area (Å²) in [7, 11) is 0. The van der Waals surface area contributed by atoms with Crippen LogP contribution in [-0.2, 0) is 16.1 Å². The van der Waals surface area contributed by atoms with Crippen LogP contribution >= 0.6 is 0 Å². The first kappa shape index (κ1) is 12.1. The largest absolute Gasteiger partial charge is 0.480 e. The van der Waals surface area contributed by atoms with Crippen molar-refractivity contribution in [1.29, 1.82) is 0 Å². The lowest BCUT2D eigenvalue weighted by molar-refractivity contribution is -0.150. The van der Waals surface area contributed by atoms with Crippen molar-refractivity contribution in [2.24, 2.45) is 0 Å². The van der Waals surface area contributed by atoms with Gasteiger partial charge in [-0.3, -0.25) is 9.69 Å². The number of aliphatic carboxylic acids is 1. The second-order valence-electron chi connectivity index (χ2n) is 4.15. The molecular weight excluding hydrogens is 224 g/mol. The second-order valence-corrected chi connectivity index (χ2v) is 4.15. The Labute approximate surface area is 99.2 Å². The molecule has 0 aromatic carbocycles. The standard InChI is InChI=1S/C11H16N2O4/c1-7-8(2)17-10(12-7)5-13-3-4-16-6-9(13)11(14)15/h9H,3-6H2,1-2H3,(H,14,15). The van der Waals surface area contributed by atoms with Gasteiger partial charge in [0.25, 0.3) is 0 Å². The third-order valence-electron chi connectivity index (χ3n) is 2.94. The van der Waals surface area contributed by atoms with Gasteiger partial charge in [-0.1, -0.05) is 0 Å². The molecule has 1 aromatic heterocycles. The summed E-state index contributed by atoms with van der Waals surface area (Å²) in [5.41, 5.74) is 0.847. The van der Waals surface area contributed by atoms with E-state index in [1.165, 1.54) is 0 Å². The summed E-state index contributed by atoms with van der Waals surface area (Å²) in [5.74, 6) is 0.470. The molecule has 1 aliphatic heterocycles. The highest BCUT2D eigenvalue weighted by Crippen LogP contribution is 2.14. The molecule has 0 radical (unpaired) electrons. The molecule has 94 valence electrons. The number of hydrogen-bond donors (Lipinski definition) is 1. The smallest absolute Gasteiger partial charge is 0.323 e. The molecule has 1 atom stereocenters. The average Bonchev–Trinajstić information content (AvgIpc) is 2.58. The fraction of sp³-hybridized carbons (Fsp3) is 0.636. The van der Waals surface area contributed by atoms with Crippen LogP contribution in [0, 0.1) is 13.8 Å². The average molecular weight is 240 g/mol. The van der Waals surface area contributed by atoms with E-state index in [1.54, 1.807) is 0 Å². The van der Waals surface area contributed by atoms with E-state index in [1.807, 2.05) is 18.7 Å². The van der Waals surface area contributed by atoms with Gasteiger partial charge < -0.3 is 14.3 Å². The van der Waals surface area contributed by atoms with Crippen molar-refractivity contribution in [2.45, 2.75) is 26.4 Å². The Hall–Kier alpha value is -1.40. The first-order valence-electron chi connectivity index (χ1n) is 5.55. The summed E-state index contributed by atoms with van der Waals surface area (Å²) in [5, 5.41) is 9.07. The number of morpholine rings is 1. The highest BCUT2D eigenvalue weighted by Gasteiger charge is 2.30. The molecule has 0 amide bonds. The number of aryl methyl sites for hydroxylation is 2. The molecule has 6 nitrogen and oxygen atoms in total. The predicted octanol–water partition coefficient (Wildman–Crippen LogP) is 0.577. The van der Waals surface area contributed by atoms with E-state index >= 15 is 0 Å². The molecule has 1 saturated heterocycles. The molecule has 0 bridgehead atoms. The maximum absolute atomic E-state index is 11.1. The zero-order chi connectivity index (χ0) is 12.4. The van der Waals surface area contributed by atoms with Gasteiger partial charge in [-0.2, -0.15) is 0 Å². The molecular formula is C11H16N2O4. The van der Waals surface area contributed by atoms with E-state index in [4.69, 9.17) is 14.3 Å². The van der Waals surface area contributed by atoms with Gasteiger partial charge in [0.1, 0.15) is 11.8 Å². The monoisotopic (exact) mass is 240 g/mol. The number of carboxylic acids is 1. The molecule has 2 heterocycles. The van der Waals surface area contributed by atoms with E-state index in [2.05, 4.69) is 4.98 Å². The molecule has 0 saturated carbocycles. The predicted molar refractivity (Wildman–Crippen MR) is 58.6 cm³/mol.